The second-order valence-electron chi connectivity index (χ2n) is 4.53. The lowest BCUT2D eigenvalue weighted by molar-refractivity contribution is -0.141. The topological polar surface area (TPSA) is 26.3 Å². The summed E-state index contributed by atoms with van der Waals surface area (Å²) in [6, 6.07) is 0. The highest BCUT2D eigenvalue weighted by Gasteiger charge is 1.93. The van der Waals surface area contributed by atoms with Gasteiger partial charge in [0.2, 0.25) is 0 Å². The van der Waals surface area contributed by atoms with E-state index in [-0.39, 0.29) is 5.97 Å². The number of allylic oxidation sites excluding steroid dienone is 4. The molecule has 0 aliphatic heterocycles. The average molecular weight is 252 g/mol. The molecule has 0 heterocycles. The maximum atomic E-state index is 10.5. The van der Waals surface area contributed by atoms with E-state index in [2.05, 4.69) is 31.2 Å². The van der Waals surface area contributed by atoms with Crippen LogP contribution in [0.2, 0.25) is 0 Å². The van der Waals surface area contributed by atoms with Crippen molar-refractivity contribution in [1.82, 2.24) is 0 Å². The first-order valence-electron chi connectivity index (χ1n) is 7.17. The molecule has 0 bridgehead atoms. The summed E-state index contributed by atoms with van der Waals surface area (Å²) >= 11 is 0. The fourth-order valence-corrected chi connectivity index (χ4v) is 1.72. The fourth-order valence-electron chi connectivity index (χ4n) is 1.72. The number of unbranched alkanes of at least 4 members (excludes halogenated alkanes) is 6. The van der Waals surface area contributed by atoms with E-state index in [9.17, 15) is 4.79 Å². The number of carbonyl (C=O) groups is 1. The lowest BCUT2D eigenvalue weighted by atomic mass is 10.1. The van der Waals surface area contributed by atoms with E-state index in [1.807, 2.05) is 0 Å². The third-order valence-electron chi connectivity index (χ3n) is 2.74. The van der Waals surface area contributed by atoms with E-state index in [0.29, 0.717) is 6.61 Å². The van der Waals surface area contributed by atoms with E-state index >= 15 is 0 Å². The third kappa shape index (κ3) is 14.9. The molecule has 104 valence electrons. The minimum absolute atomic E-state index is 0.167. The van der Waals surface area contributed by atoms with Crippen molar-refractivity contribution >= 4 is 5.97 Å². The molecular weight excluding hydrogens is 224 g/mol. The van der Waals surface area contributed by atoms with Crippen molar-refractivity contribution in [2.45, 2.75) is 65.2 Å². The van der Waals surface area contributed by atoms with E-state index in [1.165, 1.54) is 45.4 Å². The third-order valence-corrected chi connectivity index (χ3v) is 2.74. The van der Waals surface area contributed by atoms with Crippen LogP contribution < -0.4 is 0 Å². The van der Waals surface area contributed by atoms with Crippen LogP contribution in [0, 0.1) is 0 Å². The summed E-state index contributed by atoms with van der Waals surface area (Å²) in [5, 5.41) is 0. The van der Waals surface area contributed by atoms with Gasteiger partial charge in [-0.25, -0.2) is 0 Å². The van der Waals surface area contributed by atoms with Crippen LogP contribution in [0.4, 0.5) is 0 Å². The molecule has 0 aliphatic carbocycles. The minimum atomic E-state index is -0.167. The SMILES string of the molecule is C/C=C\C/C=C\CCCCCCCCOC(C)=O. The molecule has 0 unspecified atom stereocenters. The van der Waals surface area contributed by atoms with Gasteiger partial charge in [0, 0.05) is 6.92 Å². The summed E-state index contributed by atoms with van der Waals surface area (Å²) in [6.07, 6.45) is 18.3. The van der Waals surface area contributed by atoms with E-state index in [4.69, 9.17) is 4.74 Å². The quantitative estimate of drug-likeness (QED) is 0.300. The molecule has 0 N–H and O–H groups in total. The molecular formula is C16H28O2. The predicted molar refractivity (Wildman–Crippen MR) is 77.5 cm³/mol. The largest absolute Gasteiger partial charge is 0.466 e. The van der Waals surface area contributed by atoms with Crippen LogP contribution in [-0.2, 0) is 9.53 Å². The minimum Gasteiger partial charge on any atom is -0.466 e. The fraction of sp³-hybridized carbons (Fsp3) is 0.688. The van der Waals surface area contributed by atoms with Gasteiger partial charge < -0.3 is 4.74 Å². The van der Waals surface area contributed by atoms with Crippen molar-refractivity contribution < 1.29 is 9.53 Å². The summed E-state index contributed by atoms with van der Waals surface area (Å²) in [4.78, 5) is 10.5. The Bertz CT molecular complexity index is 241. The van der Waals surface area contributed by atoms with Crippen molar-refractivity contribution in [1.29, 1.82) is 0 Å². The van der Waals surface area contributed by atoms with Crippen molar-refractivity contribution in [3.8, 4) is 0 Å². The Hall–Kier alpha value is -1.05. The molecule has 0 aliphatic rings. The van der Waals surface area contributed by atoms with Gasteiger partial charge in [-0.3, -0.25) is 4.79 Å². The van der Waals surface area contributed by atoms with Gasteiger partial charge in [-0.05, 0) is 32.6 Å². The van der Waals surface area contributed by atoms with Gasteiger partial charge in [0.1, 0.15) is 0 Å². The van der Waals surface area contributed by atoms with Crippen molar-refractivity contribution in [2.24, 2.45) is 0 Å². The zero-order valence-electron chi connectivity index (χ0n) is 12.0. The molecule has 0 saturated carbocycles. The van der Waals surface area contributed by atoms with Crippen LogP contribution in [0.3, 0.4) is 0 Å². The lowest BCUT2D eigenvalue weighted by Crippen LogP contribution is -1.99. The van der Waals surface area contributed by atoms with Crippen LogP contribution in [0.15, 0.2) is 24.3 Å². The Morgan fingerprint density at radius 2 is 1.61 bits per heavy atom. The second kappa shape index (κ2) is 14.0. The summed E-state index contributed by atoms with van der Waals surface area (Å²) in [7, 11) is 0. The normalized spacial score (nSPS) is 11.4. The molecule has 0 aromatic heterocycles. The number of hydrogen-bond acceptors (Lipinski definition) is 2. The number of ether oxygens (including phenoxy) is 1. The smallest absolute Gasteiger partial charge is 0.302 e. The number of rotatable bonds is 11. The molecule has 0 radical (unpaired) electrons. The van der Waals surface area contributed by atoms with Crippen molar-refractivity contribution in [2.75, 3.05) is 6.61 Å². The molecule has 0 aromatic rings. The van der Waals surface area contributed by atoms with Crippen LogP contribution in [0.25, 0.3) is 0 Å². The van der Waals surface area contributed by atoms with Crippen LogP contribution in [0.5, 0.6) is 0 Å². The van der Waals surface area contributed by atoms with Gasteiger partial charge in [-0.2, -0.15) is 0 Å². The van der Waals surface area contributed by atoms with E-state index < -0.39 is 0 Å². The molecule has 0 amide bonds. The highest BCUT2D eigenvalue weighted by molar-refractivity contribution is 5.65. The molecule has 0 aromatic carbocycles. The Kier molecular flexibility index (Phi) is 13.2. The van der Waals surface area contributed by atoms with E-state index in [0.717, 1.165) is 12.8 Å². The molecule has 2 nitrogen and oxygen atoms in total. The molecule has 0 saturated heterocycles. The molecule has 2 heteroatoms. The Labute approximate surface area is 112 Å². The monoisotopic (exact) mass is 252 g/mol. The molecule has 0 atom stereocenters. The van der Waals surface area contributed by atoms with Gasteiger partial charge in [0.25, 0.3) is 0 Å². The summed E-state index contributed by atoms with van der Waals surface area (Å²) in [5.74, 6) is -0.167. The number of carbonyl (C=O) groups excluding carboxylic acids is 1. The maximum Gasteiger partial charge on any atom is 0.302 e. The van der Waals surface area contributed by atoms with Gasteiger partial charge in [0.05, 0.1) is 6.61 Å². The summed E-state index contributed by atoms with van der Waals surface area (Å²) < 4.78 is 4.88. The Morgan fingerprint density at radius 3 is 2.28 bits per heavy atom. The number of esters is 1. The maximum absolute atomic E-state index is 10.5. The summed E-state index contributed by atoms with van der Waals surface area (Å²) in [6.45, 7) is 4.10. The van der Waals surface area contributed by atoms with Crippen molar-refractivity contribution in [3.05, 3.63) is 24.3 Å². The molecule has 18 heavy (non-hydrogen) atoms. The average Bonchev–Trinajstić information content (AvgIpc) is 2.34. The zero-order chi connectivity index (χ0) is 13.5. The van der Waals surface area contributed by atoms with Crippen molar-refractivity contribution in [3.63, 3.8) is 0 Å². The predicted octanol–water partition coefficient (Wildman–Crippen LogP) is 4.80. The lowest BCUT2D eigenvalue weighted by Gasteiger charge is -2.01. The Morgan fingerprint density at radius 1 is 0.944 bits per heavy atom. The van der Waals surface area contributed by atoms with E-state index in [1.54, 1.807) is 0 Å². The van der Waals surface area contributed by atoms with Gasteiger partial charge in [-0.1, -0.05) is 50.0 Å². The first kappa shape index (κ1) is 16.9. The highest BCUT2D eigenvalue weighted by atomic mass is 16.5. The Balaban J connectivity index is 3.07. The van der Waals surface area contributed by atoms with Crippen LogP contribution in [0.1, 0.15) is 65.2 Å². The second-order valence-corrected chi connectivity index (χ2v) is 4.53. The van der Waals surface area contributed by atoms with Crippen LogP contribution in [-0.4, -0.2) is 12.6 Å². The van der Waals surface area contributed by atoms with Crippen LogP contribution >= 0.6 is 0 Å². The highest BCUT2D eigenvalue weighted by Crippen LogP contribution is 2.08. The molecule has 0 rings (SSSR count). The first-order valence-corrected chi connectivity index (χ1v) is 7.17. The standard InChI is InChI=1S/C16H28O2/c1-3-4-5-6-7-8-9-10-11-12-13-14-15-18-16(2)17/h3-4,6-7H,5,8-15H2,1-2H3/b4-3-,7-6-. The molecule has 0 fully saturated rings. The molecule has 0 spiro atoms. The van der Waals surface area contributed by atoms with Gasteiger partial charge >= 0.3 is 5.97 Å². The van der Waals surface area contributed by atoms with Gasteiger partial charge in [0.15, 0.2) is 0 Å². The summed E-state index contributed by atoms with van der Waals surface area (Å²) in [5.41, 5.74) is 0. The van der Waals surface area contributed by atoms with Gasteiger partial charge in [-0.15, -0.1) is 0 Å². The first-order chi connectivity index (χ1) is 8.77. The number of hydrogen-bond donors (Lipinski definition) is 0. The zero-order valence-corrected chi connectivity index (χ0v) is 12.0.